The molecule has 2 aromatic rings. The van der Waals surface area contributed by atoms with Crippen molar-refractivity contribution in [2.45, 2.75) is 25.4 Å². The van der Waals surface area contributed by atoms with Crippen molar-refractivity contribution in [2.24, 2.45) is 5.92 Å². The van der Waals surface area contributed by atoms with Crippen LogP contribution in [-0.4, -0.2) is 26.9 Å². The molecular weight excluding hydrogens is 278 g/mol. The molecule has 1 heterocycles. The van der Waals surface area contributed by atoms with Gasteiger partial charge in [-0.1, -0.05) is 30.4 Å². The van der Waals surface area contributed by atoms with Crippen molar-refractivity contribution in [1.82, 2.24) is 15.1 Å². The molecule has 0 spiro atoms. The highest BCUT2D eigenvalue weighted by Crippen LogP contribution is 2.19. The van der Waals surface area contributed by atoms with Crippen molar-refractivity contribution in [3.05, 3.63) is 60.4 Å². The molecule has 2 N–H and O–H groups in total. The summed E-state index contributed by atoms with van der Waals surface area (Å²) in [6.07, 6.45) is 7.04. The summed E-state index contributed by atoms with van der Waals surface area (Å²) in [5.74, 6) is -1.01. The van der Waals surface area contributed by atoms with Crippen LogP contribution in [0.2, 0.25) is 0 Å². The topological polar surface area (TPSA) is 67.2 Å². The number of nitrogens with one attached hydrogen (secondary N) is 1. The van der Waals surface area contributed by atoms with E-state index in [1.165, 1.54) is 0 Å². The lowest BCUT2D eigenvalue weighted by Gasteiger charge is -2.23. The standard InChI is InChI=1S/C17H19N3O2/c21-17(22)13-5-4-6-14(11-13)18-12-16-9-10-19-20(16)15-7-2-1-3-8-15/h1-4,6-10,13-14,18H,5,11-12H2,(H,21,22)/t13-,14-/m1/s1. The molecule has 0 saturated carbocycles. The predicted octanol–water partition coefficient (Wildman–Crippen LogP) is 2.38. The fraction of sp³-hybridized carbons (Fsp3) is 0.294. The summed E-state index contributed by atoms with van der Waals surface area (Å²) in [5.41, 5.74) is 2.07. The molecule has 3 rings (SSSR count). The van der Waals surface area contributed by atoms with Crippen LogP contribution >= 0.6 is 0 Å². The van der Waals surface area contributed by atoms with Crippen LogP contribution in [0.25, 0.3) is 5.69 Å². The number of hydrogen-bond acceptors (Lipinski definition) is 3. The van der Waals surface area contributed by atoms with Crippen molar-refractivity contribution >= 4 is 5.97 Å². The number of carbonyl (C=O) groups is 1. The predicted molar refractivity (Wildman–Crippen MR) is 83.7 cm³/mol. The number of nitrogens with zero attached hydrogens (tertiary/aromatic N) is 2. The zero-order valence-corrected chi connectivity index (χ0v) is 12.2. The van der Waals surface area contributed by atoms with E-state index in [4.69, 9.17) is 5.11 Å². The van der Waals surface area contributed by atoms with Gasteiger partial charge < -0.3 is 10.4 Å². The number of carboxylic acids is 1. The largest absolute Gasteiger partial charge is 0.481 e. The third-order valence-corrected chi connectivity index (χ3v) is 3.94. The summed E-state index contributed by atoms with van der Waals surface area (Å²) in [6.45, 7) is 0.649. The van der Waals surface area contributed by atoms with Gasteiger partial charge in [-0.05, 0) is 31.0 Å². The van der Waals surface area contributed by atoms with E-state index in [9.17, 15) is 4.79 Å². The molecule has 0 fully saturated rings. The van der Waals surface area contributed by atoms with Gasteiger partial charge in [-0.15, -0.1) is 0 Å². The van der Waals surface area contributed by atoms with E-state index >= 15 is 0 Å². The highest BCUT2D eigenvalue weighted by molar-refractivity contribution is 5.70. The Morgan fingerprint density at radius 3 is 2.91 bits per heavy atom. The minimum absolute atomic E-state index is 0.0916. The Hall–Kier alpha value is -2.40. The quantitative estimate of drug-likeness (QED) is 0.832. The van der Waals surface area contributed by atoms with Crippen LogP contribution in [0.15, 0.2) is 54.7 Å². The summed E-state index contributed by atoms with van der Waals surface area (Å²) >= 11 is 0. The first-order valence-corrected chi connectivity index (χ1v) is 7.45. The van der Waals surface area contributed by atoms with E-state index < -0.39 is 5.97 Å². The fourth-order valence-corrected chi connectivity index (χ4v) is 2.74. The van der Waals surface area contributed by atoms with E-state index in [1.807, 2.05) is 47.2 Å². The number of aliphatic carboxylic acids is 1. The molecule has 1 aliphatic carbocycles. The molecule has 22 heavy (non-hydrogen) atoms. The van der Waals surface area contributed by atoms with Crippen molar-refractivity contribution < 1.29 is 9.90 Å². The average molecular weight is 297 g/mol. The van der Waals surface area contributed by atoms with E-state index in [0.29, 0.717) is 19.4 Å². The van der Waals surface area contributed by atoms with Crippen molar-refractivity contribution in [3.8, 4) is 5.69 Å². The molecule has 1 aliphatic rings. The Kier molecular flexibility index (Phi) is 4.34. The third-order valence-electron chi connectivity index (χ3n) is 3.94. The lowest BCUT2D eigenvalue weighted by molar-refractivity contribution is -0.142. The van der Waals surface area contributed by atoms with Crippen LogP contribution in [-0.2, 0) is 11.3 Å². The van der Waals surface area contributed by atoms with Gasteiger partial charge in [0.15, 0.2) is 0 Å². The maximum Gasteiger partial charge on any atom is 0.306 e. The second kappa shape index (κ2) is 6.58. The number of allylic oxidation sites excluding steroid dienone is 1. The number of aromatic nitrogens is 2. The first-order chi connectivity index (χ1) is 10.7. The molecule has 0 bridgehead atoms. The Morgan fingerprint density at radius 1 is 1.32 bits per heavy atom. The van der Waals surface area contributed by atoms with Gasteiger partial charge in [-0.2, -0.15) is 5.10 Å². The summed E-state index contributed by atoms with van der Waals surface area (Å²) in [5, 5.41) is 16.9. The summed E-state index contributed by atoms with van der Waals surface area (Å²) in [4.78, 5) is 11.1. The molecule has 1 aromatic heterocycles. The molecule has 5 heteroatoms. The smallest absolute Gasteiger partial charge is 0.306 e. The lowest BCUT2D eigenvalue weighted by Crippen LogP contribution is -2.33. The van der Waals surface area contributed by atoms with Crippen molar-refractivity contribution in [1.29, 1.82) is 0 Å². The third kappa shape index (κ3) is 3.26. The van der Waals surface area contributed by atoms with Crippen LogP contribution in [0.3, 0.4) is 0 Å². The van der Waals surface area contributed by atoms with Crippen molar-refractivity contribution in [3.63, 3.8) is 0 Å². The molecule has 1 aromatic carbocycles. The van der Waals surface area contributed by atoms with Gasteiger partial charge in [-0.3, -0.25) is 4.79 Å². The molecule has 0 radical (unpaired) electrons. The SMILES string of the molecule is O=C(O)[C@@H]1CC=C[C@@H](NCc2ccnn2-c2ccccc2)C1. The average Bonchev–Trinajstić information content (AvgIpc) is 3.02. The first-order valence-electron chi connectivity index (χ1n) is 7.45. The van der Waals surface area contributed by atoms with E-state index in [2.05, 4.69) is 16.5 Å². The van der Waals surface area contributed by atoms with Gasteiger partial charge in [0.25, 0.3) is 0 Å². The minimum Gasteiger partial charge on any atom is -0.481 e. The van der Waals surface area contributed by atoms with E-state index in [0.717, 1.165) is 11.4 Å². The Morgan fingerprint density at radius 2 is 2.14 bits per heavy atom. The maximum atomic E-state index is 11.1. The zero-order valence-electron chi connectivity index (χ0n) is 12.2. The monoisotopic (exact) mass is 297 g/mol. The number of carboxylic acid groups (broad SMARTS) is 1. The number of rotatable bonds is 5. The second-order valence-electron chi connectivity index (χ2n) is 5.49. The van der Waals surface area contributed by atoms with E-state index in [-0.39, 0.29) is 12.0 Å². The second-order valence-corrected chi connectivity index (χ2v) is 5.49. The molecule has 5 nitrogen and oxygen atoms in total. The molecule has 114 valence electrons. The Balaban J connectivity index is 1.66. The summed E-state index contributed by atoms with van der Waals surface area (Å²) < 4.78 is 1.90. The first kappa shape index (κ1) is 14.5. The van der Waals surface area contributed by atoms with Crippen LogP contribution in [0.5, 0.6) is 0 Å². The molecule has 0 amide bonds. The molecule has 0 saturated heterocycles. The van der Waals surface area contributed by atoms with Crippen LogP contribution in [0.1, 0.15) is 18.5 Å². The van der Waals surface area contributed by atoms with Crippen LogP contribution in [0, 0.1) is 5.92 Å². The Bertz CT molecular complexity index is 664. The Labute approximate surface area is 129 Å². The molecule has 0 unspecified atom stereocenters. The lowest BCUT2D eigenvalue weighted by atomic mass is 9.91. The minimum atomic E-state index is -0.717. The van der Waals surface area contributed by atoms with Gasteiger partial charge in [0.05, 0.1) is 17.3 Å². The van der Waals surface area contributed by atoms with Gasteiger partial charge >= 0.3 is 5.97 Å². The molecular formula is C17H19N3O2. The fourth-order valence-electron chi connectivity index (χ4n) is 2.74. The number of benzene rings is 1. The highest BCUT2D eigenvalue weighted by Gasteiger charge is 2.23. The summed E-state index contributed by atoms with van der Waals surface area (Å²) in [6, 6.07) is 12.0. The molecule has 2 atom stereocenters. The zero-order chi connectivity index (χ0) is 15.4. The van der Waals surface area contributed by atoms with Crippen LogP contribution in [0.4, 0.5) is 0 Å². The summed E-state index contributed by atoms with van der Waals surface area (Å²) in [7, 11) is 0. The number of para-hydroxylation sites is 1. The van der Waals surface area contributed by atoms with Crippen molar-refractivity contribution in [2.75, 3.05) is 0 Å². The van der Waals surface area contributed by atoms with Gasteiger partial charge in [-0.25, -0.2) is 4.68 Å². The normalized spacial score (nSPS) is 20.9. The molecule has 0 aliphatic heterocycles. The maximum absolute atomic E-state index is 11.1. The van der Waals surface area contributed by atoms with E-state index in [1.54, 1.807) is 6.20 Å². The van der Waals surface area contributed by atoms with Gasteiger partial charge in [0, 0.05) is 18.8 Å². The number of hydrogen-bond donors (Lipinski definition) is 2. The van der Waals surface area contributed by atoms with Crippen LogP contribution < -0.4 is 5.32 Å². The highest BCUT2D eigenvalue weighted by atomic mass is 16.4. The van der Waals surface area contributed by atoms with Gasteiger partial charge in [0.2, 0.25) is 0 Å². The van der Waals surface area contributed by atoms with Gasteiger partial charge in [0.1, 0.15) is 0 Å².